The average molecular weight is 360 g/mol. The van der Waals surface area contributed by atoms with Crippen LogP contribution in [0.4, 0.5) is 0 Å². The molecule has 0 bridgehead atoms. The van der Waals surface area contributed by atoms with Crippen LogP contribution in [0.15, 0.2) is 23.6 Å². The summed E-state index contributed by atoms with van der Waals surface area (Å²) in [6.45, 7) is 3.10. The number of likely N-dealkylation sites (tertiary alicyclic amines) is 2. The molecule has 2 aliphatic heterocycles. The topological polar surface area (TPSA) is 66.4 Å². The summed E-state index contributed by atoms with van der Waals surface area (Å²) in [5.41, 5.74) is -0.323. The Labute approximate surface area is 152 Å². The summed E-state index contributed by atoms with van der Waals surface area (Å²) in [4.78, 5) is 37.8. The number of carbonyl (C=O) groups excluding carboxylic acids is 2. The second-order valence-corrected chi connectivity index (χ2v) is 8.41. The molecule has 0 N–H and O–H groups in total. The van der Waals surface area contributed by atoms with Crippen molar-refractivity contribution in [2.45, 2.75) is 37.3 Å². The second kappa shape index (κ2) is 6.94. The van der Waals surface area contributed by atoms with Gasteiger partial charge in [0, 0.05) is 38.6 Å². The fraction of sp³-hybridized carbons (Fsp3) is 0.667. The first-order valence-corrected chi connectivity index (χ1v) is 10.1. The van der Waals surface area contributed by atoms with Crippen LogP contribution in [0.1, 0.15) is 32.1 Å². The monoisotopic (exact) mass is 360 g/mol. The molecule has 4 rings (SSSR count). The van der Waals surface area contributed by atoms with Gasteiger partial charge in [0.15, 0.2) is 5.16 Å². The molecule has 134 valence electrons. The molecule has 0 radical (unpaired) electrons. The molecule has 3 fully saturated rings. The highest BCUT2D eigenvalue weighted by Crippen LogP contribution is 2.41. The standard InChI is InChI=1S/C18H24N4O2S/c23-15(12-25-17-19-7-2-8-20-17)22-10-6-18(13-22)5-1-9-21(16(18)24)11-14-3-4-14/h2,7-8,14H,1,3-6,9-13H2/t18-/m0/s1. The molecular formula is C18H24N4O2S. The largest absolute Gasteiger partial charge is 0.342 e. The molecule has 0 aromatic carbocycles. The Bertz CT molecular complexity index is 652. The van der Waals surface area contributed by atoms with E-state index >= 15 is 0 Å². The summed E-state index contributed by atoms with van der Waals surface area (Å²) in [6.07, 6.45) is 8.68. The number of aromatic nitrogens is 2. The van der Waals surface area contributed by atoms with Crippen molar-refractivity contribution in [1.82, 2.24) is 19.8 Å². The zero-order valence-corrected chi connectivity index (χ0v) is 15.2. The van der Waals surface area contributed by atoms with Crippen LogP contribution < -0.4 is 0 Å². The third-order valence-corrected chi connectivity index (χ3v) is 6.43. The van der Waals surface area contributed by atoms with Crippen LogP contribution in [0.5, 0.6) is 0 Å². The van der Waals surface area contributed by atoms with Gasteiger partial charge in [-0.3, -0.25) is 9.59 Å². The number of rotatable bonds is 5. The van der Waals surface area contributed by atoms with Crippen molar-refractivity contribution in [1.29, 1.82) is 0 Å². The summed E-state index contributed by atoms with van der Waals surface area (Å²) in [5, 5.41) is 0.620. The molecule has 1 aromatic rings. The van der Waals surface area contributed by atoms with Crippen molar-refractivity contribution in [3.05, 3.63) is 18.5 Å². The van der Waals surface area contributed by atoms with E-state index in [1.807, 2.05) is 4.90 Å². The first-order valence-electron chi connectivity index (χ1n) is 9.13. The smallest absolute Gasteiger partial charge is 0.233 e. The van der Waals surface area contributed by atoms with E-state index in [0.717, 1.165) is 38.3 Å². The molecule has 1 saturated carbocycles. The Morgan fingerprint density at radius 2 is 2.04 bits per heavy atom. The van der Waals surface area contributed by atoms with Crippen molar-refractivity contribution in [3.63, 3.8) is 0 Å². The number of amides is 2. The van der Waals surface area contributed by atoms with Crippen molar-refractivity contribution < 1.29 is 9.59 Å². The van der Waals surface area contributed by atoms with Crippen LogP contribution >= 0.6 is 11.8 Å². The molecule has 1 spiro atoms. The van der Waals surface area contributed by atoms with Gasteiger partial charge in [0.1, 0.15) is 0 Å². The highest BCUT2D eigenvalue weighted by Gasteiger charge is 2.49. The van der Waals surface area contributed by atoms with E-state index in [9.17, 15) is 9.59 Å². The van der Waals surface area contributed by atoms with Gasteiger partial charge in [-0.15, -0.1) is 0 Å². The Kier molecular flexibility index (Phi) is 4.67. The van der Waals surface area contributed by atoms with Gasteiger partial charge in [-0.25, -0.2) is 9.97 Å². The van der Waals surface area contributed by atoms with Crippen molar-refractivity contribution in [3.8, 4) is 0 Å². The molecule has 7 heteroatoms. The van der Waals surface area contributed by atoms with Gasteiger partial charge in [0.2, 0.25) is 11.8 Å². The number of thioether (sulfide) groups is 1. The lowest BCUT2D eigenvalue weighted by molar-refractivity contribution is -0.146. The molecule has 2 amide bonds. The number of carbonyl (C=O) groups is 2. The van der Waals surface area contributed by atoms with E-state index in [-0.39, 0.29) is 11.3 Å². The minimum Gasteiger partial charge on any atom is -0.342 e. The molecule has 6 nitrogen and oxygen atoms in total. The van der Waals surface area contributed by atoms with E-state index in [0.29, 0.717) is 29.9 Å². The normalized spacial score (nSPS) is 26.5. The van der Waals surface area contributed by atoms with Gasteiger partial charge in [-0.2, -0.15) is 0 Å². The van der Waals surface area contributed by atoms with Crippen LogP contribution in [0, 0.1) is 11.3 Å². The van der Waals surface area contributed by atoms with E-state index in [4.69, 9.17) is 0 Å². The van der Waals surface area contributed by atoms with Crippen molar-refractivity contribution >= 4 is 23.6 Å². The molecule has 3 aliphatic rings. The molecular weight excluding hydrogens is 336 g/mol. The number of piperidine rings is 1. The Hall–Kier alpha value is -1.63. The zero-order valence-electron chi connectivity index (χ0n) is 14.4. The quantitative estimate of drug-likeness (QED) is 0.592. The highest BCUT2D eigenvalue weighted by molar-refractivity contribution is 7.99. The molecule has 25 heavy (non-hydrogen) atoms. The van der Waals surface area contributed by atoms with Gasteiger partial charge in [0.25, 0.3) is 0 Å². The van der Waals surface area contributed by atoms with Crippen LogP contribution in [-0.4, -0.2) is 63.5 Å². The van der Waals surface area contributed by atoms with Gasteiger partial charge in [-0.1, -0.05) is 11.8 Å². The van der Waals surface area contributed by atoms with Crippen LogP contribution in [0.2, 0.25) is 0 Å². The highest BCUT2D eigenvalue weighted by atomic mass is 32.2. The Morgan fingerprint density at radius 3 is 2.80 bits per heavy atom. The number of hydrogen-bond donors (Lipinski definition) is 0. The average Bonchev–Trinajstić information content (AvgIpc) is 3.35. The third-order valence-electron chi connectivity index (χ3n) is 5.57. The molecule has 2 saturated heterocycles. The van der Waals surface area contributed by atoms with E-state index in [1.165, 1.54) is 24.6 Å². The SMILES string of the molecule is O=C(CSc1ncccn1)N1CC[C@@]2(CCCN(CC3CC3)C2=O)C1. The van der Waals surface area contributed by atoms with Gasteiger partial charge in [-0.05, 0) is 44.1 Å². The van der Waals surface area contributed by atoms with Gasteiger partial charge in [0.05, 0.1) is 11.2 Å². The minimum atomic E-state index is -0.323. The van der Waals surface area contributed by atoms with Crippen LogP contribution in [0.3, 0.4) is 0 Å². The molecule has 1 aliphatic carbocycles. The van der Waals surface area contributed by atoms with E-state index in [1.54, 1.807) is 18.5 Å². The Morgan fingerprint density at radius 1 is 1.24 bits per heavy atom. The lowest BCUT2D eigenvalue weighted by atomic mass is 9.78. The van der Waals surface area contributed by atoms with Gasteiger partial charge < -0.3 is 9.80 Å². The summed E-state index contributed by atoms with van der Waals surface area (Å²) in [6, 6.07) is 1.76. The first-order chi connectivity index (χ1) is 12.2. The van der Waals surface area contributed by atoms with E-state index < -0.39 is 0 Å². The van der Waals surface area contributed by atoms with Gasteiger partial charge >= 0.3 is 0 Å². The summed E-state index contributed by atoms with van der Waals surface area (Å²) >= 11 is 1.36. The zero-order chi connectivity index (χ0) is 17.3. The van der Waals surface area contributed by atoms with Crippen LogP contribution in [0.25, 0.3) is 0 Å². The second-order valence-electron chi connectivity index (χ2n) is 7.46. The summed E-state index contributed by atoms with van der Waals surface area (Å²) in [7, 11) is 0. The minimum absolute atomic E-state index is 0.0847. The predicted molar refractivity (Wildman–Crippen MR) is 94.9 cm³/mol. The number of hydrogen-bond acceptors (Lipinski definition) is 5. The van der Waals surface area contributed by atoms with Crippen molar-refractivity contribution in [2.75, 3.05) is 31.9 Å². The maximum atomic E-state index is 13.0. The maximum Gasteiger partial charge on any atom is 0.233 e. The fourth-order valence-corrected chi connectivity index (χ4v) is 4.69. The van der Waals surface area contributed by atoms with Crippen molar-refractivity contribution in [2.24, 2.45) is 11.3 Å². The maximum absolute atomic E-state index is 13.0. The van der Waals surface area contributed by atoms with Crippen LogP contribution in [-0.2, 0) is 9.59 Å². The first kappa shape index (κ1) is 16.8. The predicted octanol–water partition coefficient (Wildman–Crippen LogP) is 1.82. The molecule has 1 atom stereocenters. The van der Waals surface area contributed by atoms with E-state index in [2.05, 4.69) is 14.9 Å². The fourth-order valence-electron chi connectivity index (χ4n) is 3.98. The third kappa shape index (κ3) is 3.66. The lowest BCUT2D eigenvalue weighted by Crippen LogP contribution is -2.51. The molecule has 1 aromatic heterocycles. The molecule has 3 heterocycles. The lowest BCUT2D eigenvalue weighted by Gasteiger charge is -2.39. The summed E-state index contributed by atoms with van der Waals surface area (Å²) < 4.78 is 0. The Balaban J connectivity index is 1.34. The number of nitrogens with zero attached hydrogens (tertiary/aromatic N) is 4. The summed E-state index contributed by atoms with van der Waals surface area (Å²) in [5.74, 6) is 1.43. The molecule has 0 unspecified atom stereocenters.